The molecule has 1 amide bonds. The topological polar surface area (TPSA) is 72.3 Å². The Morgan fingerprint density at radius 2 is 2.03 bits per heavy atom. The van der Waals surface area contributed by atoms with Crippen molar-refractivity contribution in [2.45, 2.75) is 6.54 Å². The largest absolute Gasteiger partial charge is 0.379 e. The normalized spacial score (nSPS) is 14.7. The second-order valence-electron chi connectivity index (χ2n) is 7.50. The molecule has 2 aromatic heterocycles. The van der Waals surface area contributed by atoms with Crippen molar-refractivity contribution in [1.29, 1.82) is 0 Å². The fraction of sp³-hybridized carbons (Fsp3) is 0.261. The molecule has 1 N–H and O–H groups in total. The molecule has 0 atom stereocenters. The van der Waals surface area contributed by atoms with E-state index in [1.807, 2.05) is 24.2 Å². The highest BCUT2D eigenvalue weighted by molar-refractivity contribution is 6.02. The van der Waals surface area contributed by atoms with Crippen LogP contribution in [0.25, 0.3) is 17.2 Å². The molecule has 0 bridgehead atoms. The van der Waals surface area contributed by atoms with Crippen LogP contribution < -0.4 is 5.32 Å². The van der Waals surface area contributed by atoms with Gasteiger partial charge in [-0.15, -0.1) is 0 Å². The van der Waals surface area contributed by atoms with Gasteiger partial charge in [0.1, 0.15) is 11.6 Å². The predicted octanol–water partition coefficient (Wildman–Crippen LogP) is 3.24. The number of pyridine rings is 1. The Labute approximate surface area is 184 Å². The SMILES string of the molecule is Cn1cc(-c2ccncc2/C=C/C(=O)Nc2cc(F)c(CN3CCOCC3)cc2F)cn1. The summed E-state index contributed by atoms with van der Waals surface area (Å²) in [5, 5.41) is 6.56. The molecule has 0 aliphatic carbocycles. The molecule has 1 fully saturated rings. The summed E-state index contributed by atoms with van der Waals surface area (Å²) in [6.45, 7) is 2.77. The van der Waals surface area contributed by atoms with Gasteiger partial charge in [0.25, 0.3) is 0 Å². The minimum Gasteiger partial charge on any atom is -0.379 e. The number of aryl methyl sites for hydroxylation is 1. The molecule has 1 saturated heterocycles. The number of morpholine rings is 1. The van der Waals surface area contributed by atoms with Gasteiger partial charge in [0.2, 0.25) is 5.91 Å². The Morgan fingerprint density at radius 3 is 2.78 bits per heavy atom. The first-order chi connectivity index (χ1) is 15.5. The fourth-order valence-corrected chi connectivity index (χ4v) is 3.51. The Morgan fingerprint density at radius 1 is 1.22 bits per heavy atom. The lowest BCUT2D eigenvalue weighted by atomic mass is 10.0. The zero-order chi connectivity index (χ0) is 22.5. The van der Waals surface area contributed by atoms with Crippen molar-refractivity contribution < 1.29 is 18.3 Å². The molecule has 166 valence electrons. The number of carbonyl (C=O) groups excluding carboxylic acids is 1. The molecule has 0 spiro atoms. The standard InChI is InChI=1S/C23H23F2N5O2/c1-29-14-18(13-27-29)19-4-5-26-12-16(19)2-3-23(31)28-22-11-20(24)17(10-21(22)25)15-30-6-8-32-9-7-30/h2-5,10-14H,6-9,15H2,1H3,(H,28,31)/b3-2+. The minimum atomic E-state index is -0.686. The number of nitrogens with one attached hydrogen (secondary N) is 1. The minimum absolute atomic E-state index is 0.207. The van der Waals surface area contributed by atoms with Crippen molar-refractivity contribution in [3.05, 3.63) is 71.8 Å². The number of hydrogen-bond acceptors (Lipinski definition) is 5. The van der Waals surface area contributed by atoms with E-state index >= 15 is 0 Å². The zero-order valence-electron chi connectivity index (χ0n) is 17.6. The van der Waals surface area contributed by atoms with Gasteiger partial charge in [-0.2, -0.15) is 5.10 Å². The lowest BCUT2D eigenvalue weighted by molar-refractivity contribution is -0.111. The number of hydrogen-bond donors (Lipinski definition) is 1. The van der Waals surface area contributed by atoms with Gasteiger partial charge in [0, 0.05) is 74.1 Å². The number of carbonyl (C=O) groups is 1. The smallest absolute Gasteiger partial charge is 0.248 e. The van der Waals surface area contributed by atoms with E-state index in [1.165, 1.54) is 6.08 Å². The predicted molar refractivity (Wildman–Crippen MR) is 117 cm³/mol. The van der Waals surface area contributed by atoms with Crippen LogP contribution in [-0.2, 0) is 23.1 Å². The lowest BCUT2D eigenvalue weighted by Crippen LogP contribution is -2.35. The molecular weight excluding hydrogens is 416 g/mol. The first-order valence-corrected chi connectivity index (χ1v) is 10.2. The Balaban J connectivity index is 1.45. The second kappa shape index (κ2) is 9.80. The van der Waals surface area contributed by atoms with Crippen LogP contribution in [0.15, 0.2) is 49.1 Å². The summed E-state index contributed by atoms with van der Waals surface area (Å²) in [5.74, 6) is -1.83. The Hall–Kier alpha value is -3.43. The molecule has 1 aliphatic heterocycles. The number of aromatic nitrogens is 3. The third kappa shape index (κ3) is 5.24. The first kappa shape index (κ1) is 21.8. The number of rotatable bonds is 6. The maximum atomic E-state index is 14.5. The van der Waals surface area contributed by atoms with E-state index < -0.39 is 17.5 Å². The number of ether oxygens (including phenoxy) is 1. The average molecular weight is 439 g/mol. The van der Waals surface area contributed by atoms with E-state index in [2.05, 4.69) is 15.4 Å². The van der Waals surface area contributed by atoms with Crippen molar-refractivity contribution in [3.8, 4) is 11.1 Å². The molecule has 3 heterocycles. The van der Waals surface area contributed by atoms with Crippen LogP contribution in [0, 0.1) is 11.6 Å². The Kier molecular flexibility index (Phi) is 6.67. The lowest BCUT2D eigenvalue weighted by Gasteiger charge is -2.26. The van der Waals surface area contributed by atoms with E-state index in [1.54, 1.807) is 29.3 Å². The van der Waals surface area contributed by atoms with Crippen molar-refractivity contribution in [2.75, 3.05) is 31.6 Å². The van der Waals surface area contributed by atoms with Gasteiger partial charge in [-0.1, -0.05) is 0 Å². The maximum Gasteiger partial charge on any atom is 0.248 e. The Bertz CT molecular complexity index is 1140. The molecule has 1 aliphatic rings. The van der Waals surface area contributed by atoms with Crippen molar-refractivity contribution in [1.82, 2.24) is 19.7 Å². The summed E-state index contributed by atoms with van der Waals surface area (Å²) in [4.78, 5) is 18.4. The van der Waals surface area contributed by atoms with Crippen LogP contribution in [0.2, 0.25) is 0 Å². The van der Waals surface area contributed by atoms with Crippen molar-refractivity contribution in [3.63, 3.8) is 0 Å². The van der Waals surface area contributed by atoms with Gasteiger partial charge in [0.15, 0.2) is 0 Å². The van der Waals surface area contributed by atoms with Crippen LogP contribution in [0.5, 0.6) is 0 Å². The molecule has 7 nitrogen and oxygen atoms in total. The fourth-order valence-electron chi connectivity index (χ4n) is 3.51. The molecular formula is C23H23F2N5O2. The van der Waals surface area contributed by atoms with Gasteiger partial charge in [-0.25, -0.2) is 8.78 Å². The van der Waals surface area contributed by atoms with Crippen LogP contribution in [-0.4, -0.2) is 51.9 Å². The molecule has 9 heteroatoms. The van der Waals surface area contributed by atoms with Gasteiger partial charge in [0.05, 0.1) is 25.1 Å². The summed E-state index contributed by atoms with van der Waals surface area (Å²) in [5.41, 5.74) is 2.46. The molecule has 3 aromatic rings. The average Bonchev–Trinajstić information content (AvgIpc) is 3.23. The zero-order valence-corrected chi connectivity index (χ0v) is 17.6. The number of amides is 1. The highest BCUT2D eigenvalue weighted by Crippen LogP contribution is 2.24. The molecule has 0 radical (unpaired) electrons. The van der Waals surface area contributed by atoms with E-state index in [4.69, 9.17) is 4.74 Å². The van der Waals surface area contributed by atoms with Crippen LogP contribution in [0.1, 0.15) is 11.1 Å². The van der Waals surface area contributed by atoms with Gasteiger partial charge < -0.3 is 10.1 Å². The van der Waals surface area contributed by atoms with Crippen molar-refractivity contribution >= 4 is 17.7 Å². The highest BCUT2D eigenvalue weighted by Gasteiger charge is 2.16. The van der Waals surface area contributed by atoms with Gasteiger partial charge in [-0.3, -0.25) is 19.4 Å². The number of halogens is 2. The number of benzene rings is 1. The van der Waals surface area contributed by atoms with E-state index in [-0.39, 0.29) is 11.3 Å². The van der Waals surface area contributed by atoms with Gasteiger partial charge in [-0.05, 0) is 23.8 Å². The van der Waals surface area contributed by atoms with Crippen molar-refractivity contribution in [2.24, 2.45) is 7.05 Å². The third-order valence-electron chi connectivity index (χ3n) is 5.17. The molecule has 4 rings (SSSR count). The van der Waals surface area contributed by atoms with Crippen LogP contribution >= 0.6 is 0 Å². The highest BCUT2D eigenvalue weighted by atomic mass is 19.1. The summed E-state index contributed by atoms with van der Waals surface area (Å²) in [6, 6.07) is 3.96. The van der Waals surface area contributed by atoms with E-state index in [9.17, 15) is 13.6 Å². The van der Waals surface area contributed by atoms with Crippen LogP contribution in [0.3, 0.4) is 0 Å². The summed E-state index contributed by atoms with van der Waals surface area (Å²) >= 11 is 0. The van der Waals surface area contributed by atoms with Gasteiger partial charge >= 0.3 is 0 Å². The quantitative estimate of drug-likeness (QED) is 0.597. The molecule has 0 saturated carbocycles. The molecule has 32 heavy (non-hydrogen) atoms. The maximum absolute atomic E-state index is 14.5. The summed E-state index contributed by atoms with van der Waals surface area (Å²) < 4.78 is 36.0. The summed E-state index contributed by atoms with van der Waals surface area (Å²) in [6.07, 6.45) is 9.66. The molecule has 0 unspecified atom stereocenters. The second-order valence-corrected chi connectivity index (χ2v) is 7.50. The number of nitrogens with zero attached hydrogens (tertiary/aromatic N) is 4. The summed E-state index contributed by atoms with van der Waals surface area (Å²) in [7, 11) is 1.81. The first-order valence-electron chi connectivity index (χ1n) is 10.2. The van der Waals surface area contributed by atoms with E-state index in [0.717, 1.165) is 23.3 Å². The molecule has 1 aromatic carbocycles. The monoisotopic (exact) mass is 439 g/mol. The number of anilines is 1. The van der Waals surface area contributed by atoms with Crippen LogP contribution in [0.4, 0.5) is 14.5 Å². The third-order valence-corrected chi connectivity index (χ3v) is 5.17. The van der Waals surface area contributed by atoms with E-state index in [0.29, 0.717) is 38.4 Å².